The van der Waals surface area contributed by atoms with Gasteiger partial charge in [-0.3, -0.25) is 4.79 Å². The van der Waals surface area contributed by atoms with E-state index in [1.165, 1.54) is 26.9 Å². The second-order valence-electron chi connectivity index (χ2n) is 7.39. The van der Waals surface area contributed by atoms with Crippen molar-refractivity contribution in [1.82, 2.24) is 20.5 Å². The number of carbonyl (C=O) groups is 1. The van der Waals surface area contributed by atoms with Crippen LogP contribution in [0.3, 0.4) is 0 Å². The lowest BCUT2D eigenvalue weighted by atomic mass is 10.1. The van der Waals surface area contributed by atoms with Gasteiger partial charge in [-0.25, -0.2) is 4.99 Å². The number of guanidine groups is 1. The largest absolute Gasteiger partial charge is 0.361 e. The van der Waals surface area contributed by atoms with Crippen molar-refractivity contribution in [3.8, 4) is 0 Å². The van der Waals surface area contributed by atoms with Gasteiger partial charge < -0.3 is 20.5 Å². The predicted molar refractivity (Wildman–Crippen MR) is 126 cm³/mol. The van der Waals surface area contributed by atoms with Crippen molar-refractivity contribution in [1.29, 1.82) is 0 Å². The molecular weight excluding hydrogens is 394 g/mol. The fraction of sp³-hybridized carbons (Fsp3) is 0.391. The van der Waals surface area contributed by atoms with E-state index in [0.29, 0.717) is 5.96 Å². The molecule has 0 aliphatic carbocycles. The molecule has 6 nitrogen and oxygen atoms in total. The number of aromatic amines is 1. The first-order valence-corrected chi connectivity index (χ1v) is 11.3. The summed E-state index contributed by atoms with van der Waals surface area (Å²) in [4.78, 5) is 22.7. The van der Waals surface area contributed by atoms with Gasteiger partial charge in [0.15, 0.2) is 5.96 Å². The first-order valence-electron chi connectivity index (χ1n) is 10.4. The number of carbonyl (C=O) groups excluding carboxylic acids is 1. The Hall–Kier alpha value is -2.80. The van der Waals surface area contributed by atoms with E-state index in [2.05, 4.69) is 69.4 Å². The molecule has 2 heterocycles. The third kappa shape index (κ3) is 5.86. The monoisotopic (exact) mass is 425 g/mol. The number of amides is 1. The molecule has 3 rings (SSSR count). The van der Waals surface area contributed by atoms with E-state index in [-0.39, 0.29) is 12.5 Å². The number of benzene rings is 1. The van der Waals surface area contributed by atoms with Crippen LogP contribution in [0.25, 0.3) is 10.9 Å². The Kier molecular flexibility index (Phi) is 7.90. The van der Waals surface area contributed by atoms with Gasteiger partial charge in [-0.15, -0.1) is 11.3 Å². The number of fused-ring (bicyclic) bond motifs is 1. The fourth-order valence-electron chi connectivity index (χ4n) is 3.31. The Labute approximate surface area is 182 Å². The maximum atomic E-state index is 11.9. The van der Waals surface area contributed by atoms with Gasteiger partial charge in [-0.1, -0.05) is 31.2 Å². The van der Waals surface area contributed by atoms with Crippen molar-refractivity contribution < 1.29 is 4.79 Å². The summed E-state index contributed by atoms with van der Waals surface area (Å²) in [6.45, 7) is 3.82. The first-order chi connectivity index (χ1) is 14.6. The number of para-hydroxylation sites is 1. The highest BCUT2D eigenvalue weighted by Gasteiger charge is 2.08. The second kappa shape index (κ2) is 10.8. The summed E-state index contributed by atoms with van der Waals surface area (Å²) in [7, 11) is 3.49. The standard InChI is InChI=1S/C23H31N5OS/c1-4-17-7-5-9-20-18(15-26-22(17)20)10-12-24-23(27-16-21(29)28(2)3)25-13-11-19-8-6-14-30-19/h5-9,14-15,26H,4,10-13,16H2,1-3H3,(H2,24,25,27). The van der Waals surface area contributed by atoms with Crippen molar-refractivity contribution in [3.63, 3.8) is 0 Å². The summed E-state index contributed by atoms with van der Waals surface area (Å²) in [6.07, 6.45) is 4.92. The van der Waals surface area contributed by atoms with Gasteiger partial charge in [-0.05, 0) is 41.8 Å². The summed E-state index contributed by atoms with van der Waals surface area (Å²) < 4.78 is 0. The lowest BCUT2D eigenvalue weighted by Gasteiger charge is -2.13. The van der Waals surface area contributed by atoms with Gasteiger partial charge in [0, 0.05) is 49.2 Å². The molecule has 3 N–H and O–H groups in total. The quantitative estimate of drug-likeness (QED) is 0.364. The molecule has 0 bridgehead atoms. The van der Waals surface area contributed by atoms with Crippen LogP contribution in [-0.4, -0.2) is 55.5 Å². The Morgan fingerprint density at radius 3 is 2.60 bits per heavy atom. The van der Waals surface area contributed by atoms with Gasteiger partial charge in [0.25, 0.3) is 0 Å². The summed E-state index contributed by atoms with van der Waals surface area (Å²) >= 11 is 1.75. The molecule has 2 aromatic heterocycles. The number of rotatable bonds is 9. The predicted octanol–water partition coefficient (Wildman–Crippen LogP) is 3.20. The molecule has 7 heteroatoms. The average molecular weight is 426 g/mol. The van der Waals surface area contributed by atoms with Gasteiger partial charge in [0.05, 0.1) is 0 Å². The van der Waals surface area contributed by atoms with Crippen molar-refractivity contribution >= 4 is 34.1 Å². The van der Waals surface area contributed by atoms with E-state index >= 15 is 0 Å². The average Bonchev–Trinajstić information content (AvgIpc) is 3.41. The molecule has 160 valence electrons. The lowest BCUT2D eigenvalue weighted by molar-refractivity contribution is -0.127. The summed E-state index contributed by atoms with van der Waals surface area (Å²) in [6, 6.07) is 10.7. The number of aryl methyl sites for hydroxylation is 1. The number of thiophene rings is 1. The highest BCUT2D eigenvalue weighted by atomic mass is 32.1. The molecule has 0 unspecified atom stereocenters. The molecule has 0 fully saturated rings. The van der Waals surface area contributed by atoms with E-state index in [1.807, 2.05) is 0 Å². The molecule has 0 saturated carbocycles. The highest BCUT2D eigenvalue weighted by molar-refractivity contribution is 7.09. The molecule has 1 amide bonds. The smallest absolute Gasteiger partial charge is 0.243 e. The van der Waals surface area contributed by atoms with Gasteiger partial charge in [-0.2, -0.15) is 0 Å². The number of H-pyrrole nitrogens is 1. The minimum atomic E-state index is -0.0157. The number of hydrogen-bond donors (Lipinski definition) is 3. The molecule has 0 saturated heterocycles. The maximum absolute atomic E-state index is 11.9. The van der Waals surface area contributed by atoms with Crippen molar-refractivity contribution in [2.45, 2.75) is 26.2 Å². The zero-order valence-electron chi connectivity index (χ0n) is 18.0. The Balaban J connectivity index is 1.59. The Morgan fingerprint density at radius 2 is 1.90 bits per heavy atom. The molecule has 30 heavy (non-hydrogen) atoms. The molecule has 0 atom stereocenters. The molecule has 3 aromatic rings. The maximum Gasteiger partial charge on any atom is 0.243 e. The summed E-state index contributed by atoms with van der Waals surface area (Å²) in [5.41, 5.74) is 3.86. The Bertz CT molecular complexity index is 975. The molecule has 0 aliphatic rings. The van der Waals surface area contributed by atoms with E-state index in [9.17, 15) is 4.79 Å². The van der Waals surface area contributed by atoms with Crippen LogP contribution in [0, 0.1) is 0 Å². The van der Waals surface area contributed by atoms with Gasteiger partial charge in [0.1, 0.15) is 6.54 Å². The zero-order chi connectivity index (χ0) is 21.3. The van der Waals surface area contributed by atoms with Gasteiger partial charge in [0.2, 0.25) is 5.91 Å². The Morgan fingerprint density at radius 1 is 1.10 bits per heavy atom. The van der Waals surface area contributed by atoms with E-state index in [0.717, 1.165) is 32.4 Å². The van der Waals surface area contributed by atoms with E-state index in [4.69, 9.17) is 0 Å². The topological polar surface area (TPSA) is 72.5 Å². The number of aromatic nitrogens is 1. The van der Waals surface area contributed by atoms with Crippen LogP contribution in [0.15, 0.2) is 46.9 Å². The highest BCUT2D eigenvalue weighted by Crippen LogP contribution is 2.22. The minimum Gasteiger partial charge on any atom is -0.361 e. The normalized spacial score (nSPS) is 11.6. The van der Waals surface area contributed by atoms with Gasteiger partial charge >= 0.3 is 0 Å². The van der Waals surface area contributed by atoms with E-state index in [1.54, 1.807) is 30.3 Å². The first kappa shape index (κ1) is 21.9. The summed E-state index contributed by atoms with van der Waals surface area (Å²) in [5.74, 6) is 0.661. The van der Waals surface area contributed by atoms with Crippen LogP contribution in [0.5, 0.6) is 0 Å². The fourth-order valence-corrected chi connectivity index (χ4v) is 4.02. The van der Waals surface area contributed by atoms with Crippen LogP contribution >= 0.6 is 11.3 Å². The second-order valence-corrected chi connectivity index (χ2v) is 8.43. The van der Waals surface area contributed by atoms with Crippen LogP contribution in [0.1, 0.15) is 22.9 Å². The summed E-state index contributed by atoms with van der Waals surface area (Å²) in [5, 5.41) is 10.1. The number of aliphatic imine (C=N–C) groups is 1. The SMILES string of the molecule is CCc1cccc2c(CCNC(=NCC(=O)N(C)C)NCCc3cccs3)c[nH]c12. The zero-order valence-corrected chi connectivity index (χ0v) is 18.8. The number of nitrogens with zero attached hydrogens (tertiary/aromatic N) is 2. The minimum absolute atomic E-state index is 0.0157. The van der Waals surface area contributed by atoms with Crippen LogP contribution < -0.4 is 10.6 Å². The molecule has 0 radical (unpaired) electrons. The molecule has 1 aromatic carbocycles. The molecule has 0 spiro atoms. The van der Waals surface area contributed by atoms with Crippen LogP contribution in [0.2, 0.25) is 0 Å². The third-order valence-electron chi connectivity index (χ3n) is 5.07. The van der Waals surface area contributed by atoms with Crippen molar-refractivity contribution in [2.24, 2.45) is 4.99 Å². The molecular formula is C23H31N5OS. The van der Waals surface area contributed by atoms with Crippen molar-refractivity contribution in [2.75, 3.05) is 33.7 Å². The number of likely N-dealkylation sites (N-methyl/N-ethyl adjacent to an activating group) is 1. The molecule has 0 aliphatic heterocycles. The third-order valence-corrected chi connectivity index (χ3v) is 6.01. The van der Waals surface area contributed by atoms with Crippen molar-refractivity contribution in [3.05, 3.63) is 57.9 Å². The number of nitrogens with one attached hydrogen (secondary N) is 3. The van der Waals surface area contributed by atoms with Crippen LogP contribution in [-0.2, 0) is 24.1 Å². The van der Waals surface area contributed by atoms with E-state index < -0.39 is 0 Å². The lowest BCUT2D eigenvalue weighted by Crippen LogP contribution is -2.40. The van der Waals surface area contributed by atoms with Crippen LogP contribution in [0.4, 0.5) is 0 Å². The number of hydrogen-bond acceptors (Lipinski definition) is 3.